The summed E-state index contributed by atoms with van der Waals surface area (Å²) < 4.78 is 33.1. The molecule has 0 spiro atoms. The average molecular weight is 484 g/mol. The van der Waals surface area contributed by atoms with Gasteiger partial charge in [-0.15, -0.1) is 0 Å². The standard InChI is InChI=1S/C24H22BrNO3S/c1-15-11-23-21(13-22(15)25)24(20-10-5-4-7-18(20)14-29-23)16(2)17-8-6-9-19(12-17)26-30(3,27)28/h4-13,26H,14H2,1-3H3. The molecule has 0 unspecified atom stereocenters. The van der Waals surface area contributed by atoms with E-state index in [4.69, 9.17) is 4.74 Å². The molecule has 1 heterocycles. The summed E-state index contributed by atoms with van der Waals surface area (Å²) >= 11 is 3.66. The molecule has 30 heavy (non-hydrogen) atoms. The van der Waals surface area contributed by atoms with Crippen LogP contribution >= 0.6 is 15.9 Å². The number of benzene rings is 3. The highest BCUT2D eigenvalue weighted by Crippen LogP contribution is 2.43. The van der Waals surface area contributed by atoms with Gasteiger partial charge in [0.1, 0.15) is 12.4 Å². The lowest BCUT2D eigenvalue weighted by Crippen LogP contribution is -2.09. The average Bonchev–Trinajstić information content (AvgIpc) is 2.84. The first-order valence-corrected chi connectivity index (χ1v) is 12.2. The molecule has 4 nitrogen and oxygen atoms in total. The lowest BCUT2D eigenvalue weighted by Gasteiger charge is -2.17. The van der Waals surface area contributed by atoms with Gasteiger partial charge in [0.05, 0.1) is 6.26 Å². The summed E-state index contributed by atoms with van der Waals surface area (Å²) in [5, 5.41) is 0. The van der Waals surface area contributed by atoms with Crippen molar-refractivity contribution < 1.29 is 13.2 Å². The van der Waals surface area contributed by atoms with Crippen molar-refractivity contribution in [1.82, 2.24) is 0 Å². The van der Waals surface area contributed by atoms with E-state index in [1.165, 1.54) is 0 Å². The monoisotopic (exact) mass is 483 g/mol. The molecule has 1 aliphatic rings. The molecule has 3 aromatic rings. The number of allylic oxidation sites excluding steroid dienone is 1. The van der Waals surface area contributed by atoms with E-state index in [0.29, 0.717) is 12.3 Å². The largest absolute Gasteiger partial charge is 0.488 e. The van der Waals surface area contributed by atoms with Gasteiger partial charge in [-0.2, -0.15) is 0 Å². The van der Waals surface area contributed by atoms with Crippen LogP contribution in [0.3, 0.4) is 0 Å². The highest BCUT2D eigenvalue weighted by Gasteiger charge is 2.22. The van der Waals surface area contributed by atoms with Gasteiger partial charge < -0.3 is 4.74 Å². The van der Waals surface area contributed by atoms with E-state index in [0.717, 1.165) is 55.4 Å². The molecule has 154 valence electrons. The number of nitrogens with one attached hydrogen (secondary N) is 1. The van der Waals surface area contributed by atoms with Crippen LogP contribution < -0.4 is 9.46 Å². The third-order valence-corrected chi connectivity index (χ3v) is 6.63. The Hall–Kier alpha value is -2.57. The van der Waals surface area contributed by atoms with Crippen LogP contribution in [0.4, 0.5) is 5.69 Å². The van der Waals surface area contributed by atoms with Gasteiger partial charge in [0, 0.05) is 15.7 Å². The Labute approximate surface area is 185 Å². The fourth-order valence-corrected chi connectivity index (χ4v) is 4.64. The van der Waals surface area contributed by atoms with E-state index in [1.807, 2.05) is 37.3 Å². The number of rotatable bonds is 3. The van der Waals surface area contributed by atoms with Crippen molar-refractivity contribution >= 4 is 42.8 Å². The number of ether oxygens (including phenoxy) is 1. The highest BCUT2D eigenvalue weighted by atomic mass is 79.9. The van der Waals surface area contributed by atoms with Gasteiger partial charge in [0.2, 0.25) is 10.0 Å². The lowest BCUT2D eigenvalue weighted by molar-refractivity contribution is 0.307. The van der Waals surface area contributed by atoms with Crippen molar-refractivity contribution in [3.8, 4) is 5.75 Å². The number of aryl methyl sites for hydroxylation is 1. The van der Waals surface area contributed by atoms with E-state index in [9.17, 15) is 8.42 Å². The highest BCUT2D eigenvalue weighted by molar-refractivity contribution is 9.10. The number of hydrogen-bond acceptors (Lipinski definition) is 3. The predicted molar refractivity (Wildman–Crippen MR) is 126 cm³/mol. The van der Waals surface area contributed by atoms with Crippen LogP contribution in [-0.2, 0) is 16.6 Å². The van der Waals surface area contributed by atoms with E-state index in [1.54, 1.807) is 6.07 Å². The smallest absolute Gasteiger partial charge is 0.229 e. The molecule has 3 aromatic carbocycles. The number of hydrogen-bond donors (Lipinski definition) is 1. The Morgan fingerprint density at radius 3 is 2.57 bits per heavy atom. The molecule has 0 bridgehead atoms. The van der Waals surface area contributed by atoms with E-state index >= 15 is 0 Å². The molecule has 4 rings (SSSR count). The van der Waals surface area contributed by atoms with E-state index < -0.39 is 10.0 Å². The zero-order valence-electron chi connectivity index (χ0n) is 17.0. The number of halogens is 1. The quantitative estimate of drug-likeness (QED) is 0.496. The molecule has 6 heteroatoms. The number of fused-ring (bicyclic) bond motifs is 2. The summed E-state index contributed by atoms with van der Waals surface area (Å²) in [4.78, 5) is 0. The third kappa shape index (κ3) is 4.16. The second-order valence-corrected chi connectivity index (χ2v) is 10.1. The Bertz CT molecular complexity index is 1280. The maximum atomic E-state index is 11.7. The van der Waals surface area contributed by atoms with Crippen molar-refractivity contribution in [2.75, 3.05) is 11.0 Å². The lowest BCUT2D eigenvalue weighted by atomic mass is 9.88. The normalized spacial score (nSPS) is 14.8. The zero-order chi connectivity index (χ0) is 21.5. The first-order valence-electron chi connectivity index (χ1n) is 9.53. The van der Waals surface area contributed by atoms with Crippen LogP contribution in [0.2, 0.25) is 0 Å². The topological polar surface area (TPSA) is 55.4 Å². The maximum absolute atomic E-state index is 11.7. The number of anilines is 1. The van der Waals surface area contributed by atoms with Crippen molar-refractivity contribution in [2.24, 2.45) is 0 Å². The summed E-state index contributed by atoms with van der Waals surface area (Å²) in [6.07, 6.45) is 1.15. The Kier molecular flexibility index (Phi) is 5.47. The second kappa shape index (κ2) is 7.93. The summed E-state index contributed by atoms with van der Waals surface area (Å²) in [6, 6.07) is 19.9. The summed E-state index contributed by atoms with van der Waals surface area (Å²) in [7, 11) is -3.35. The predicted octanol–water partition coefficient (Wildman–Crippen LogP) is 6.00. The second-order valence-electron chi connectivity index (χ2n) is 7.50. The Morgan fingerprint density at radius 2 is 1.80 bits per heavy atom. The first-order chi connectivity index (χ1) is 14.2. The minimum absolute atomic E-state index is 0.497. The fraction of sp³-hybridized carbons (Fsp3) is 0.167. The van der Waals surface area contributed by atoms with Crippen LogP contribution in [0.5, 0.6) is 5.75 Å². The van der Waals surface area contributed by atoms with Gasteiger partial charge in [-0.25, -0.2) is 8.42 Å². The molecule has 1 N–H and O–H groups in total. The van der Waals surface area contributed by atoms with Gasteiger partial charge >= 0.3 is 0 Å². The molecule has 0 radical (unpaired) electrons. The Morgan fingerprint density at radius 1 is 1.03 bits per heavy atom. The minimum atomic E-state index is -3.35. The van der Waals surface area contributed by atoms with Crippen LogP contribution in [0.15, 0.2) is 65.1 Å². The van der Waals surface area contributed by atoms with Gasteiger partial charge in [-0.1, -0.05) is 52.3 Å². The van der Waals surface area contributed by atoms with Gasteiger partial charge in [-0.3, -0.25) is 4.72 Å². The molecule has 0 aliphatic carbocycles. The van der Waals surface area contributed by atoms with Crippen LogP contribution in [0.1, 0.15) is 34.7 Å². The van der Waals surface area contributed by atoms with Crippen LogP contribution in [0.25, 0.3) is 11.1 Å². The molecule has 0 fully saturated rings. The maximum Gasteiger partial charge on any atom is 0.229 e. The molecule has 0 saturated heterocycles. The van der Waals surface area contributed by atoms with Crippen LogP contribution in [0, 0.1) is 6.92 Å². The van der Waals surface area contributed by atoms with Crippen LogP contribution in [-0.4, -0.2) is 14.7 Å². The van der Waals surface area contributed by atoms with Gasteiger partial charge in [0.15, 0.2) is 0 Å². The Balaban J connectivity index is 1.98. The summed E-state index contributed by atoms with van der Waals surface area (Å²) in [5.74, 6) is 0.840. The first kappa shape index (κ1) is 20.7. The molecular formula is C24H22BrNO3S. The fourth-order valence-electron chi connectivity index (χ4n) is 3.74. The van der Waals surface area contributed by atoms with E-state index in [-0.39, 0.29) is 0 Å². The molecule has 0 aromatic heterocycles. The molecule has 1 aliphatic heterocycles. The van der Waals surface area contributed by atoms with E-state index in [2.05, 4.69) is 51.8 Å². The molecule has 0 amide bonds. The van der Waals surface area contributed by atoms with Gasteiger partial charge in [-0.05, 0) is 71.5 Å². The molecular weight excluding hydrogens is 462 g/mol. The molecule has 0 saturated carbocycles. The van der Waals surface area contributed by atoms with Crippen molar-refractivity contribution in [1.29, 1.82) is 0 Å². The molecule has 0 atom stereocenters. The van der Waals surface area contributed by atoms with Crippen molar-refractivity contribution in [3.63, 3.8) is 0 Å². The van der Waals surface area contributed by atoms with Gasteiger partial charge in [0.25, 0.3) is 0 Å². The van der Waals surface area contributed by atoms with Crippen molar-refractivity contribution in [2.45, 2.75) is 20.5 Å². The minimum Gasteiger partial charge on any atom is -0.488 e. The number of sulfonamides is 1. The summed E-state index contributed by atoms with van der Waals surface area (Å²) in [6.45, 7) is 4.60. The zero-order valence-corrected chi connectivity index (χ0v) is 19.4. The SMILES string of the molecule is CC(=C1c2ccccc2COc2cc(C)c(Br)cc21)c1cccc(NS(C)(=O)=O)c1. The third-order valence-electron chi connectivity index (χ3n) is 5.17. The van der Waals surface area contributed by atoms with Crippen molar-refractivity contribution in [3.05, 3.63) is 93.0 Å². The summed E-state index contributed by atoms with van der Waals surface area (Å²) in [5.41, 5.74) is 7.95.